The van der Waals surface area contributed by atoms with E-state index in [4.69, 9.17) is 5.11 Å². The van der Waals surface area contributed by atoms with Crippen LogP contribution in [0, 0.1) is 5.41 Å². The Kier molecular flexibility index (Phi) is 7.57. The van der Waals surface area contributed by atoms with Crippen molar-refractivity contribution in [3.05, 3.63) is 0 Å². The van der Waals surface area contributed by atoms with Crippen LogP contribution in [0.25, 0.3) is 0 Å². The van der Waals surface area contributed by atoms with Crippen molar-refractivity contribution in [2.75, 3.05) is 34.2 Å². The van der Waals surface area contributed by atoms with Crippen molar-refractivity contribution in [3.8, 4) is 0 Å². The van der Waals surface area contributed by atoms with Gasteiger partial charge in [-0.25, -0.2) is 4.79 Å². The van der Waals surface area contributed by atoms with Gasteiger partial charge in [0.25, 0.3) is 0 Å². The van der Waals surface area contributed by atoms with Gasteiger partial charge in [0.05, 0.1) is 6.42 Å². The van der Waals surface area contributed by atoms with Gasteiger partial charge in [-0.3, -0.25) is 4.79 Å². The van der Waals surface area contributed by atoms with Gasteiger partial charge in [-0.15, -0.1) is 0 Å². The molecule has 2 amide bonds. The van der Waals surface area contributed by atoms with Crippen LogP contribution < -0.4 is 5.32 Å². The lowest BCUT2D eigenvalue weighted by Gasteiger charge is -2.32. The van der Waals surface area contributed by atoms with Crippen LogP contribution in [-0.2, 0) is 4.79 Å². The van der Waals surface area contributed by atoms with E-state index in [2.05, 4.69) is 10.2 Å². The van der Waals surface area contributed by atoms with Crippen LogP contribution in [0.15, 0.2) is 0 Å². The SMILES string of the molecule is CN(C)CCCN(C)C(=O)NC(CC(=O)O)C(C)(C)C. The quantitative estimate of drug-likeness (QED) is 0.743. The third kappa shape index (κ3) is 7.99. The Morgan fingerprint density at radius 2 is 1.70 bits per heavy atom. The standard InChI is InChI=1S/C14H29N3O3/c1-14(2,3)11(10-12(18)19)15-13(20)17(6)9-7-8-16(4)5/h11H,7-10H2,1-6H3,(H,15,20)(H,18,19). The molecule has 2 N–H and O–H groups in total. The van der Waals surface area contributed by atoms with Crippen LogP contribution in [0.1, 0.15) is 33.6 Å². The summed E-state index contributed by atoms with van der Waals surface area (Å²) in [4.78, 5) is 26.6. The van der Waals surface area contributed by atoms with Crippen molar-refractivity contribution in [2.24, 2.45) is 5.41 Å². The Morgan fingerprint density at radius 1 is 1.15 bits per heavy atom. The lowest BCUT2D eigenvalue weighted by molar-refractivity contribution is -0.138. The lowest BCUT2D eigenvalue weighted by Crippen LogP contribution is -2.49. The molecule has 6 nitrogen and oxygen atoms in total. The van der Waals surface area contributed by atoms with Gasteiger partial charge >= 0.3 is 12.0 Å². The van der Waals surface area contributed by atoms with Crippen LogP contribution in [0.2, 0.25) is 0 Å². The molecule has 118 valence electrons. The molecule has 0 saturated carbocycles. The molecule has 0 aliphatic heterocycles. The third-order valence-corrected chi connectivity index (χ3v) is 3.17. The second kappa shape index (κ2) is 8.09. The Labute approximate surface area is 122 Å². The summed E-state index contributed by atoms with van der Waals surface area (Å²) < 4.78 is 0. The van der Waals surface area contributed by atoms with Crippen LogP contribution in [0.5, 0.6) is 0 Å². The normalized spacial score (nSPS) is 13.2. The molecular weight excluding hydrogens is 258 g/mol. The molecule has 1 atom stereocenters. The molecular formula is C14H29N3O3. The summed E-state index contributed by atoms with van der Waals surface area (Å²) in [6.45, 7) is 7.33. The summed E-state index contributed by atoms with van der Waals surface area (Å²) in [5, 5.41) is 11.7. The summed E-state index contributed by atoms with van der Waals surface area (Å²) in [5.41, 5.74) is -0.293. The number of carbonyl (C=O) groups is 2. The number of nitrogens with zero attached hydrogens (tertiary/aromatic N) is 2. The number of aliphatic carboxylic acids is 1. The Balaban J connectivity index is 4.40. The first-order valence-corrected chi connectivity index (χ1v) is 6.92. The Hall–Kier alpha value is -1.30. The molecule has 6 heteroatoms. The number of carboxylic acids is 1. The first-order chi connectivity index (χ1) is 9.04. The van der Waals surface area contributed by atoms with Crippen molar-refractivity contribution >= 4 is 12.0 Å². The van der Waals surface area contributed by atoms with Gasteiger partial charge < -0.3 is 20.2 Å². The van der Waals surface area contributed by atoms with Crippen LogP contribution in [0.4, 0.5) is 4.79 Å². The molecule has 20 heavy (non-hydrogen) atoms. The summed E-state index contributed by atoms with van der Waals surface area (Å²) in [7, 11) is 5.70. The van der Waals surface area contributed by atoms with E-state index >= 15 is 0 Å². The lowest BCUT2D eigenvalue weighted by atomic mass is 9.85. The van der Waals surface area contributed by atoms with E-state index in [1.807, 2.05) is 34.9 Å². The zero-order valence-electron chi connectivity index (χ0n) is 13.6. The van der Waals surface area contributed by atoms with E-state index in [0.29, 0.717) is 6.54 Å². The highest BCUT2D eigenvalue weighted by Gasteiger charge is 2.29. The van der Waals surface area contributed by atoms with Crippen molar-refractivity contribution in [3.63, 3.8) is 0 Å². The number of carboxylic acid groups (broad SMARTS) is 1. The smallest absolute Gasteiger partial charge is 0.317 e. The minimum atomic E-state index is -0.902. The maximum absolute atomic E-state index is 12.1. The predicted molar refractivity (Wildman–Crippen MR) is 79.8 cm³/mol. The number of rotatable bonds is 7. The van der Waals surface area contributed by atoms with Gasteiger partial charge in [0.1, 0.15) is 0 Å². The monoisotopic (exact) mass is 287 g/mol. The summed E-state index contributed by atoms with van der Waals surface area (Å²) >= 11 is 0. The molecule has 0 aromatic heterocycles. The first kappa shape index (κ1) is 18.7. The molecule has 0 radical (unpaired) electrons. The predicted octanol–water partition coefficient (Wildman–Crippen LogP) is 1.47. The number of carbonyl (C=O) groups excluding carboxylic acids is 1. The molecule has 1 unspecified atom stereocenters. The fourth-order valence-electron chi connectivity index (χ4n) is 1.73. The van der Waals surface area contributed by atoms with E-state index in [9.17, 15) is 9.59 Å². The fourth-order valence-corrected chi connectivity index (χ4v) is 1.73. The van der Waals surface area contributed by atoms with Crippen LogP contribution in [0.3, 0.4) is 0 Å². The molecule has 0 rings (SSSR count). The molecule has 0 aliphatic rings. The summed E-state index contributed by atoms with van der Waals surface area (Å²) in [6, 6.07) is -0.603. The Morgan fingerprint density at radius 3 is 2.10 bits per heavy atom. The maximum Gasteiger partial charge on any atom is 0.317 e. The van der Waals surface area contributed by atoms with Crippen LogP contribution >= 0.6 is 0 Å². The molecule has 0 aromatic carbocycles. The molecule has 0 heterocycles. The van der Waals surface area contributed by atoms with E-state index in [1.54, 1.807) is 11.9 Å². The largest absolute Gasteiger partial charge is 0.481 e. The maximum atomic E-state index is 12.1. The zero-order chi connectivity index (χ0) is 15.9. The second-order valence-electron chi connectivity index (χ2n) is 6.54. The van der Waals surface area contributed by atoms with Crippen LogP contribution in [-0.4, -0.2) is 67.2 Å². The molecule has 0 aliphatic carbocycles. The topological polar surface area (TPSA) is 72.9 Å². The van der Waals surface area contributed by atoms with Crippen molar-refractivity contribution in [1.29, 1.82) is 0 Å². The van der Waals surface area contributed by atoms with Gasteiger partial charge in [0.15, 0.2) is 0 Å². The van der Waals surface area contributed by atoms with E-state index in [-0.39, 0.29) is 23.9 Å². The van der Waals surface area contributed by atoms with Gasteiger partial charge in [0.2, 0.25) is 0 Å². The molecule has 0 aromatic rings. The molecule has 0 spiro atoms. The summed E-state index contributed by atoms with van der Waals surface area (Å²) in [6.07, 6.45) is 0.816. The van der Waals surface area contributed by atoms with Gasteiger partial charge in [-0.05, 0) is 32.5 Å². The van der Waals surface area contributed by atoms with Gasteiger partial charge in [-0.1, -0.05) is 20.8 Å². The molecule has 0 bridgehead atoms. The van der Waals surface area contributed by atoms with Crippen molar-refractivity contribution < 1.29 is 14.7 Å². The highest BCUT2D eigenvalue weighted by atomic mass is 16.4. The number of amides is 2. The van der Waals surface area contributed by atoms with Crippen molar-refractivity contribution in [2.45, 2.75) is 39.7 Å². The summed E-state index contributed by atoms with van der Waals surface area (Å²) in [5.74, 6) is -0.902. The number of hydrogen-bond acceptors (Lipinski definition) is 3. The molecule has 0 saturated heterocycles. The Bertz CT molecular complexity index is 324. The average Bonchev–Trinajstić information content (AvgIpc) is 2.25. The van der Waals surface area contributed by atoms with Crippen molar-refractivity contribution in [1.82, 2.24) is 15.1 Å². The van der Waals surface area contributed by atoms with E-state index in [0.717, 1.165) is 13.0 Å². The minimum Gasteiger partial charge on any atom is -0.481 e. The minimum absolute atomic E-state index is 0.0687. The highest BCUT2D eigenvalue weighted by molar-refractivity contribution is 5.75. The van der Waals surface area contributed by atoms with Gasteiger partial charge in [-0.2, -0.15) is 0 Å². The zero-order valence-corrected chi connectivity index (χ0v) is 13.6. The number of urea groups is 1. The van der Waals surface area contributed by atoms with E-state index in [1.165, 1.54) is 0 Å². The fraction of sp³-hybridized carbons (Fsp3) is 0.857. The number of hydrogen-bond donors (Lipinski definition) is 2. The third-order valence-electron chi connectivity index (χ3n) is 3.17. The second-order valence-corrected chi connectivity index (χ2v) is 6.54. The number of nitrogens with one attached hydrogen (secondary N) is 1. The first-order valence-electron chi connectivity index (χ1n) is 6.92. The average molecular weight is 287 g/mol. The highest BCUT2D eigenvalue weighted by Crippen LogP contribution is 2.22. The molecule has 0 fully saturated rings. The van der Waals surface area contributed by atoms with Gasteiger partial charge in [0, 0.05) is 19.6 Å². The van der Waals surface area contributed by atoms with E-state index < -0.39 is 5.97 Å².